The summed E-state index contributed by atoms with van der Waals surface area (Å²) in [7, 11) is -1.50. The number of rotatable bonds is 16. The third-order valence-corrected chi connectivity index (χ3v) is 9.26. The molecule has 0 aliphatic heterocycles. The van der Waals surface area contributed by atoms with Crippen molar-refractivity contribution in [3.8, 4) is 5.75 Å². The fourth-order valence-corrected chi connectivity index (χ4v) is 6.83. The summed E-state index contributed by atoms with van der Waals surface area (Å²) < 4.78 is 59.5. The van der Waals surface area contributed by atoms with Crippen LogP contribution in [0.5, 0.6) is 5.75 Å². The molecule has 0 spiro atoms. The highest BCUT2D eigenvalue weighted by Gasteiger charge is 2.35. The lowest BCUT2D eigenvalue weighted by molar-refractivity contribution is -0.140. The normalized spacial score (nSPS) is 11.5. The van der Waals surface area contributed by atoms with Gasteiger partial charge in [-0.15, -0.1) is 11.3 Å². The first kappa shape index (κ1) is 34.4. The molecule has 0 aliphatic rings. The molecule has 0 fully saturated rings. The number of nitrogens with one attached hydrogen (secondary N) is 1. The van der Waals surface area contributed by atoms with Crippen LogP contribution in [0.15, 0.2) is 26.9 Å². The fourth-order valence-electron chi connectivity index (χ4n) is 3.99. The number of nitrogens with zero attached hydrogens (tertiary/aromatic N) is 2. The van der Waals surface area contributed by atoms with Crippen LogP contribution in [0, 0.1) is 27.7 Å². The van der Waals surface area contributed by atoms with E-state index in [-0.39, 0.29) is 45.3 Å². The second-order valence-electron chi connectivity index (χ2n) is 9.20. The maximum atomic E-state index is 13.7. The van der Waals surface area contributed by atoms with E-state index in [1.165, 1.54) is 18.6 Å². The molecule has 2 heterocycles. The lowest BCUT2D eigenvalue weighted by Crippen LogP contribution is -2.33. The third kappa shape index (κ3) is 8.32. The maximum absolute atomic E-state index is 13.7. The number of halogens is 1. The summed E-state index contributed by atoms with van der Waals surface area (Å²) in [6.45, 7) is 7.41. The van der Waals surface area contributed by atoms with E-state index >= 15 is 0 Å². The molecule has 0 unspecified atom stereocenters. The van der Waals surface area contributed by atoms with E-state index in [0.717, 1.165) is 15.6 Å². The summed E-state index contributed by atoms with van der Waals surface area (Å²) in [4.78, 5) is 25.6. The first-order chi connectivity index (χ1) is 20.4. The van der Waals surface area contributed by atoms with Crippen LogP contribution in [0.25, 0.3) is 0 Å². The first-order valence-corrected chi connectivity index (χ1v) is 15.6. The summed E-state index contributed by atoms with van der Waals surface area (Å²) in [5.74, 6) is -1.30. The van der Waals surface area contributed by atoms with Crippen molar-refractivity contribution in [3.63, 3.8) is 0 Å². The van der Waals surface area contributed by atoms with Crippen LogP contribution in [0.4, 0.5) is 11.6 Å². The minimum atomic E-state index is -4.38. The van der Waals surface area contributed by atoms with E-state index in [9.17, 15) is 18.0 Å². The van der Waals surface area contributed by atoms with Gasteiger partial charge in [-0.3, -0.25) is 4.79 Å². The van der Waals surface area contributed by atoms with Gasteiger partial charge in [0, 0.05) is 19.8 Å². The number of aromatic nitrogens is 1. The number of carbonyl (C=O) groups is 2. The van der Waals surface area contributed by atoms with Crippen molar-refractivity contribution >= 4 is 56.4 Å². The van der Waals surface area contributed by atoms with E-state index in [1.807, 2.05) is 0 Å². The van der Waals surface area contributed by atoms with Crippen molar-refractivity contribution in [1.29, 1.82) is 0 Å². The Labute approximate surface area is 259 Å². The number of carbonyl (C=O) groups excluding carboxylic acids is 2. The van der Waals surface area contributed by atoms with Crippen molar-refractivity contribution in [2.75, 3.05) is 63.6 Å². The summed E-state index contributed by atoms with van der Waals surface area (Å²) in [5.41, 5.74) is 2.48. The number of benzene rings is 1. The molecule has 43 heavy (non-hydrogen) atoms. The van der Waals surface area contributed by atoms with E-state index in [1.54, 1.807) is 40.9 Å². The number of amides is 1. The molecule has 13 nitrogen and oxygen atoms in total. The van der Waals surface area contributed by atoms with Crippen LogP contribution in [0.3, 0.4) is 0 Å². The van der Waals surface area contributed by atoms with Crippen molar-refractivity contribution < 1.29 is 46.2 Å². The molecule has 0 saturated heterocycles. The molecule has 1 amide bonds. The SMILES string of the molecule is COCCOCCOCC(=O)Oc1c(C)cc(C)c(NC(=O)c2sccc2S(=O)(=O)N(COC)c2onc(C)c2Cl)c1C. The Bertz CT molecular complexity index is 1540. The van der Waals surface area contributed by atoms with Crippen LogP contribution in [0.2, 0.25) is 5.02 Å². The van der Waals surface area contributed by atoms with E-state index in [2.05, 4.69) is 10.5 Å². The lowest BCUT2D eigenvalue weighted by Gasteiger charge is -2.21. The van der Waals surface area contributed by atoms with Crippen LogP contribution >= 0.6 is 22.9 Å². The van der Waals surface area contributed by atoms with Crippen molar-refractivity contribution in [1.82, 2.24) is 5.16 Å². The van der Waals surface area contributed by atoms with Gasteiger partial charge >= 0.3 is 5.97 Å². The van der Waals surface area contributed by atoms with E-state index in [4.69, 9.17) is 39.8 Å². The number of esters is 1. The van der Waals surface area contributed by atoms with Crippen LogP contribution in [-0.2, 0) is 33.8 Å². The number of aryl methyl sites for hydroxylation is 3. The highest BCUT2D eigenvalue weighted by atomic mass is 35.5. The van der Waals surface area contributed by atoms with E-state index in [0.29, 0.717) is 42.2 Å². The van der Waals surface area contributed by atoms with Gasteiger partial charge in [0.2, 0.25) is 0 Å². The molecule has 0 bridgehead atoms. The summed E-state index contributed by atoms with van der Waals surface area (Å²) in [5, 5.41) is 7.97. The standard InChI is InChI=1S/C27H34ClN3O10S2/c1-16-13-17(2)24(40-21(32)14-39-11-10-38-9-8-36-5)18(3)23(16)29-26(33)25-20(7-12-42-25)43(34,35)31(15-37-6)27-22(28)19(4)30-41-27/h7,12-13H,8-11,14-15H2,1-6H3,(H,29,33). The van der Waals surface area contributed by atoms with Crippen LogP contribution in [-0.4, -0.2) is 79.4 Å². The molecule has 3 rings (SSSR count). The van der Waals surface area contributed by atoms with Crippen molar-refractivity contribution in [3.05, 3.63) is 49.8 Å². The number of methoxy groups -OCH3 is 2. The minimum Gasteiger partial charge on any atom is -0.424 e. The molecule has 236 valence electrons. The first-order valence-electron chi connectivity index (χ1n) is 12.9. The topological polar surface area (TPSA) is 156 Å². The lowest BCUT2D eigenvalue weighted by atomic mass is 10.0. The molecule has 3 aromatic rings. The Morgan fingerprint density at radius 1 is 1.05 bits per heavy atom. The molecule has 1 aromatic carbocycles. The third-order valence-electron chi connectivity index (χ3n) is 6.03. The van der Waals surface area contributed by atoms with Gasteiger partial charge in [0.05, 0.1) is 32.1 Å². The highest BCUT2D eigenvalue weighted by Crippen LogP contribution is 2.36. The molecule has 0 aliphatic carbocycles. The van der Waals surface area contributed by atoms with Crippen molar-refractivity contribution in [2.45, 2.75) is 32.6 Å². The van der Waals surface area contributed by atoms with Gasteiger partial charge in [-0.1, -0.05) is 22.8 Å². The monoisotopic (exact) mass is 659 g/mol. The van der Waals surface area contributed by atoms with Gasteiger partial charge in [-0.05, 0) is 50.3 Å². The Balaban J connectivity index is 1.80. The zero-order chi connectivity index (χ0) is 31.7. The Hall–Kier alpha value is -3.05. The average molecular weight is 660 g/mol. The van der Waals surface area contributed by atoms with E-state index < -0.39 is 28.6 Å². The highest BCUT2D eigenvalue weighted by molar-refractivity contribution is 7.93. The molecular formula is C27H34ClN3O10S2. The van der Waals surface area contributed by atoms with Gasteiger partial charge in [-0.25, -0.2) is 17.5 Å². The Kier molecular flexibility index (Phi) is 12.5. The zero-order valence-electron chi connectivity index (χ0n) is 24.6. The summed E-state index contributed by atoms with van der Waals surface area (Å²) >= 11 is 7.16. The number of hydrogen-bond donors (Lipinski definition) is 1. The number of sulfonamides is 1. The predicted molar refractivity (Wildman–Crippen MR) is 160 cm³/mol. The average Bonchev–Trinajstić information content (AvgIpc) is 3.59. The molecule has 16 heteroatoms. The maximum Gasteiger partial charge on any atom is 0.337 e. The molecule has 0 saturated carbocycles. The molecule has 0 radical (unpaired) electrons. The van der Waals surface area contributed by atoms with Gasteiger partial charge in [0.15, 0.2) is 0 Å². The molecular weight excluding hydrogens is 626 g/mol. The van der Waals surface area contributed by atoms with Gasteiger partial charge < -0.3 is 33.5 Å². The van der Waals surface area contributed by atoms with Gasteiger partial charge in [-0.2, -0.15) is 0 Å². The predicted octanol–water partition coefficient (Wildman–Crippen LogP) is 4.26. The quantitative estimate of drug-likeness (QED) is 0.101. The number of thiophene rings is 1. The van der Waals surface area contributed by atoms with Gasteiger partial charge in [0.1, 0.15) is 39.6 Å². The summed E-state index contributed by atoms with van der Waals surface area (Å²) in [6.07, 6.45) is 0. The molecule has 1 N–H and O–H groups in total. The largest absolute Gasteiger partial charge is 0.424 e. The van der Waals surface area contributed by atoms with Crippen LogP contribution in [0.1, 0.15) is 32.1 Å². The number of hydrogen-bond acceptors (Lipinski definition) is 12. The van der Waals surface area contributed by atoms with Crippen LogP contribution < -0.4 is 14.4 Å². The van der Waals surface area contributed by atoms with Gasteiger partial charge in [0.25, 0.3) is 21.8 Å². The number of anilines is 2. The minimum absolute atomic E-state index is 0.00403. The second-order valence-corrected chi connectivity index (χ2v) is 12.3. The molecule has 0 atom stereocenters. The fraction of sp³-hybridized carbons (Fsp3) is 0.444. The van der Waals surface area contributed by atoms with Crippen molar-refractivity contribution in [2.24, 2.45) is 0 Å². The summed E-state index contributed by atoms with van der Waals surface area (Å²) in [6, 6.07) is 3.05. The smallest absolute Gasteiger partial charge is 0.337 e. The zero-order valence-corrected chi connectivity index (χ0v) is 27.0. The molecule has 2 aromatic heterocycles. The Morgan fingerprint density at radius 3 is 2.40 bits per heavy atom. The Morgan fingerprint density at radius 2 is 1.74 bits per heavy atom. The number of ether oxygens (including phenoxy) is 5. The second kappa shape index (κ2) is 15.6.